The molecule has 0 amide bonds. The van der Waals surface area contributed by atoms with E-state index in [9.17, 15) is 9.18 Å². The number of fused-ring (bicyclic) bond motifs is 1. The van der Waals surface area contributed by atoms with Gasteiger partial charge < -0.3 is 14.8 Å². The van der Waals surface area contributed by atoms with Crippen molar-refractivity contribution in [1.82, 2.24) is 14.9 Å². The molecule has 30 heavy (non-hydrogen) atoms. The van der Waals surface area contributed by atoms with Gasteiger partial charge in [0.2, 0.25) is 0 Å². The minimum atomic E-state index is -0.484. The molecule has 4 rings (SSSR count). The standard InChI is InChI=1S/C22H26FN3O3S/c1-2-28-10-8-17-13-19-21(30-17)22(27)26(14-25-19)16-5-6-20(18(23)12-16)29-11-7-15-4-3-9-24-15/h5-6,12-15,24H,2-4,7-11H2,1H3. The molecule has 0 saturated carbocycles. The Hall–Kier alpha value is -2.29. The van der Waals surface area contributed by atoms with Crippen molar-refractivity contribution in [2.45, 2.75) is 38.6 Å². The van der Waals surface area contributed by atoms with Crippen LogP contribution in [0.2, 0.25) is 0 Å². The van der Waals surface area contributed by atoms with Gasteiger partial charge in [0.1, 0.15) is 11.0 Å². The second-order valence-corrected chi connectivity index (χ2v) is 8.48. The van der Waals surface area contributed by atoms with Gasteiger partial charge in [-0.2, -0.15) is 0 Å². The molecule has 6 nitrogen and oxygen atoms in total. The third kappa shape index (κ3) is 4.71. The molecule has 8 heteroatoms. The molecule has 3 aromatic rings. The zero-order valence-corrected chi connectivity index (χ0v) is 17.8. The van der Waals surface area contributed by atoms with Gasteiger partial charge in [-0.3, -0.25) is 9.36 Å². The molecule has 0 radical (unpaired) electrons. The van der Waals surface area contributed by atoms with Crippen LogP contribution >= 0.6 is 11.3 Å². The molecule has 1 aliphatic rings. The van der Waals surface area contributed by atoms with E-state index in [-0.39, 0.29) is 11.3 Å². The average molecular weight is 432 g/mol. The van der Waals surface area contributed by atoms with E-state index in [2.05, 4.69) is 10.3 Å². The minimum absolute atomic E-state index is 0.201. The van der Waals surface area contributed by atoms with Crippen LogP contribution in [0.4, 0.5) is 4.39 Å². The molecule has 1 N–H and O–H groups in total. The molecule has 0 spiro atoms. The van der Waals surface area contributed by atoms with E-state index in [0.717, 1.165) is 30.7 Å². The molecule has 0 bridgehead atoms. The number of hydrogen-bond acceptors (Lipinski definition) is 6. The van der Waals surface area contributed by atoms with E-state index >= 15 is 0 Å². The zero-order chi connectivity index (χ0) is 20.9. The van der Waals surface area contributed by atoms with Gasteiger partial charge in [0.15, 0.2) is 11.6 Å². The van der Waals surface area contributed by atoms with Crippen molar-refractivity contribution in [3.05, 3.63) is 51.6 Å². The smallest absolute Gasteiger partial charge is 0.275 e. The maximum atomic E-state index is 14.6. The van der Waals surface area contributed by atoms with Crippen molar-refractivity contribution in [3.8, 4) is 11.4 Å². The number of nitrogens with one attached hydrogen (secondary N) is 1. The van der Waals surface area contributed by atoms with Crippen molar-refractivity contribution >= 4 is 21.6 Å². The fourth-order valence-electron chi connectivity index (χ4n) is 3.66. The number of ether oxygens (including phenoxy) is 2. The van der Waals surface area contributed by atoms with E-state index in [4.69, 9.17) is 9.47 Å². The van der Waals surface area contributed by atoms with Gasteiger partial charge in [-0.05, 0) is 50.9 Å². The monoisotopic (exact) mass is 431 g/mol. The van der Waals surface area contributed by atoms with Crippen LogP contribution in [0.3, 0.4) is 0 Å². The van der Waals surface area contributed by atoms with Crippen molar-refractivity contribution in [2.75, 3.05) is 26.4 Å². The van der Waals surface area contributed by atoms with Crippen molar-refractivity contribution < 1.29 is 13.9 Å². The number of hydrogen-bond donors (Lipinski definition) is 1. The predicted molar refractivity (Wildman–Crippen MR) is 117 cm³/mol. The van der Waals surface area contributed by atoms with E-state index in [1.54, 1.807) is 12.1 Å². The molecular weight excluding hydrogens is 405 g/mol. The molecular formula is C22H26FN3O3S. The van der Waals surface area contributed by atoms with Crippen LogP contribution < -0.4 is 15.6 Å². The van der Waals surface area contributed by atoms with E-state index < -0.39 is 5.82 Å². The summed E-state index contributed by atoms with van der Waals surface area (Å²) in [5.41, 5.74) is 0.891. The quantitative estimate of drug-likeness (QED) is 0.524. The topological polar surface area (TPSA) is 65.4 Å². The molecule has 2 aromatic heterocycles. The normalized spacial score (nSPS) is 16.4. The Morgan fingerprint density at radius 2 is 2.23 bits per heavy atom. The van der Waals surface area contributed by atoms with E-state index in [0.29, 0.717) is 41.8 Å². The van der Waals surface area contributed by atoms with Gasteiger partial charge in [-0.1, -0.05) is 0 Å². The van der Waals surface area contributed by atoms with Crippen LogP contribution in [0, 0.1) is 5.82 Å². The molecule has 1 unspecified atom stereocenters. The number of halogens is 1. The summed E-state index contributed by atoms with van der Waals surface area (Å²) in [5.74, 6) is -0.282. The summed E-state index contributed by atoms with van der Waals surface area (Å²) in [4.78, 5) is 18.4. The Bertz CT molecular complexity index is 1060. The highest BCUT2D eigenvalue weighted by molar-refractivity contribution is 7.18. The first kappa shape index (κ1) is 21.0. The number of aromatic nitrogens is 2. The predicted octanol–water partition coefficient (Wildman–Crippen LogP) is 3.69. The van der Waals surface area contributed by atoms with Crippen LogP contribution in [0.15, 0.2) is 35.4 Å². The lowest BCUT2D eigenvalue weighted by atomic mass is 10.2. The fraction of sp³-hybridized carbons (Fsp3) is 0.455. The lowest BCUT2D eigenvalue weighted by Gasteiger charge is -2.12. The molecule has 1 saturated heterocycles. The first-order chi connectivity index (χ1) is 14.7. The van der Waals surface area contributed by atoms with Crippen molar-refractivity contribution in [1.29, 1.82) is 0 Å². The summed E-state index contributed by atoms with van der Waals surface area (Å²) in [5, 5.41) is 3.40. The van der Waals surface area contributed by atoms with Crippen LogP contribution in [0.5, 0.6) is 5.75 Å². The van der Waals surface area contributed by atoms with Crippen molar-refractivity contribution in [2.24, 2.45) is 0 Å². The summed E-state index contributed by atoms with van der Waals surface area (Å²) < 4.78 is 27.5. The number of rotatable bonds is 9. The largest absolute Gasteiger partial charge is 0.490 e. The first-order valence-electron chi connectivity index (χ1n) is 10.4. The Morgan fingerprint density at radius 3 is 3.00 bits per heavy atom. The van der Waals surface area contributed by atoms with Gasteiger partial charge in [-0.15, -0.1) is 11.3 Å². The third-order valence-electron chi connectivity index (χ3n) is 5.27. The molecule has 1 fully saturated rings. The highest BCUT2D eigenvalue weighted by Gasteiger charge is 2.15. The first-order valence-corrected chi connectivity index (χ1v) is 11.2. The average Bonchev–Trinajstić information content (AvgIpc) is 3.40. The van der Waals surface area contributed by atoms with E-state index in [1.807, 2.05) is 13.0 Å². The third-order valence-corrected chi connectivity index (χ3v) is 6.44. The Labute approximate surface area is 178 Å². The second kappa shape index (κ2) is 9.68. The Morgan fingerprint density at radius 1 is 1.33 bits per heavy atom. The maximum absolute atomic E-state index is 14.6. The number of nitrogens with zero attached hydrogens (tertiary/aromatic N) is 2. The molecule has 160 valence electrons. The fourth-order valence-corrected chi connectivity index (χ4v) is 4.68. The van der Waals surface area contributed by atoms with Gasteiger partial charge in [0, 0.05) is 30.0 Å². The molecule has 0 aliphatic carbocycles. The summed E-state index contributed by atoms with van der Waals surface area (Å²) in [6, 6.07) is 6.95. The summed E-state index contributed by atoms with van der Waals surface area (Å²) in [6.45, 7) is 4.73. The molecule has 1 aromatic carbocycles. The lowest BCUT2D eigenvalue weighted by Crippen LogP contribution is -2.23. The van der Waals surface area contributed by atoms with Crippen LogP contribution in [0.25, 0.3) is 15.9 Å². The highest BCUT2D eigenvalue weighted by Crippen LogP contribution is 2.24. The highest BCUT2D eigenvalue weighted by atomic mass is 32.1. The van der Waals surface area contributed by atoms with Gasteiger partial charge in [0.25, 0.3) is 5.56 Å². The Kier molecular flexibility index (Phi) is 6.76. The van der Waals surface area contributed by atoms with Gasteiger partial charge >= 0.3 is 0 Å². The van der Waals surface area contributed by atoms with Crippen LogP contribution in [-0.2, 0) is 11.2 Å². The summed E-state index contributed by atoms with van der Waals surface area (Å²) >= 11 is 1.41. The Balaban J connectivity index is 1.49. The van der Waals surface area contributed by atoms with Crippen LogP contribution in [-0.4, -0.2) is 42.0 Å². The molecule has 1 atom stereocenters. The van der Waals surface area contributed by atoms with Gasteiger partial charge in [-0.25, -0.2) is 9.37 Å². The van der Waals surface area contributed by atoms with Gasteiger partial charge in [0.05, 0.1) is 24.4 Å². The SMILES string of the molecule is CCOCCc1cc2ncn(-c3ccc(OCCC4CCCN4)c(F)c3)c(=O)c2s1. The maximum Gasteiger partial charge on any atom is 0.275 e. The van der Waals surface area contributed by atoms with Crippen LogP contribution in [0.1, 0.15) is 31.1 Å². The lowest BCUT2D eigenvalue weighted by molar-refractivity contribution is 0.151. The van der Waals surface area contributed by atoms with Crippen molar-refractivity contribution in [3.63, 3.8) is 0 Å². The van der Waals surface area contributed by atoms with E-state index in [1.165, 1.54) is 34.7 Å². The second-order valence-electron chi connectivity index (χ2n) is 7.34. The number of thiophene rings is 1. The number of benzene rings is 1. The summed E-state index contributed by atoms with van der Waals surface area (Å²) in [7, 11) is 0. The minimum Gasteiger partial charge on any atom is -0.490 e. The zero-order valence-electron chi connectivity index (χ0n) is 17.0. The molecule has 1 aliphatic heterocycles. The summed E-state index contributed by atoms with van der Waals surface area (Å²) in [6.07, 6.45) is 5.36. The molecule has 3 heterocycles.